The van der Waals surface area contributed by atoms with Crippen LogP contribution in [-0.2, 0) is 10.0 Å². The molecule has 0 unspecified atom stereocenters. The van der Waals surface area contributed by atoms with Gasteiger partial charge in [-0.25, -0.2) is 12.7 Å². The van der Waals surface area contributed by atoms with E-state index in [1.54, 1.807) is 6.07 Å². The first kappa shape index (κ1) is 14.8. The van der Waals surface area contributed by atoms with Gasteiger partial charge in [0.15, 0.2) is 0 Å². The largest absolute Gasteiger partial charge is 0.265 e. The molecule has 3 rings (SSSR count). The summed E-state index contributed by atoms with van der Waals surface area (Å²) in [5.41, 5.74) is 2.51. The highest BCUT2D eigenvalue weighted by Gasteiger charge is 2.32. The van der Waals surface area contributed by atoms with Crippen LogP contribution < -0.4 is 0 Å². The first-order chi connectivity index (χ1) is 10.5. The molecular weight excluding hydrogens is 296 g/mol. The van der Waals surface area contributed by atoms with Crippen LogP contribution in [0.5, 0.6) is 0 Å². The standard InChI is InChI=1S/C17H18N2O2S/c1-13-8-9-14(2)16(12-13)22(20,21)19-11-10-18-17(19)15-6-4-3-5-7-15/h3-9,12H,10-11H2,1-2H3. The van der Waals surface area contributed by atoms with Crippen LogP contribution in [0.2, 0.25) is 0 Å². The van der Waals surface area contributed by atoms with Gasteiger partial charge in [0, 0.05) is 5.56 Å². The highest BCUT2D eigenvalue weighted by molar-refractivity contribution is 7.89. The number of amidine groups is 1. The third kappa shape index (κ3) is 2.52. The molecule has 4 nitrogen and oxygen atoms in total. The lowest BCUT2D eigenvalue weighted by Crippen LogP contribution is -2.35. The fourth-order valence-corrected chi connectivity index (χ4v) is 4.35. The predicted octanol–water partition coefficient (Wildman–Crippen LogP) is 2.75. The topological polar surface area (TPSA) is 49.7 Å². The number of nitrogens with zero attached hydrogens (tertiary/aromatic N) is 2. The third-order valence-corrected chi connectivity index (χ3v) is 5.68. The number of aryl methyl sites for hydroxylation is 2. The Morgan fingerprint density at radius 1 is 1.05 bits per heavy atom. The van der Waals surface area contributed by atoms with Crippen molar-refractivity contribution in [2.24, 2.45) is 4.99 Å². The van der Waals surface area contributed by atoms with Gasteiger partial charge in [0.1, 0.15) is 5.84 Å². The first-order valence-corrected chi connectivity index (χ1v) is 8.64. The molecular formula is C17H18N2O2S. The Kier molecular flexibility index (Phi) is 3.74. The van der Waals surface area contributed by atoms with Gasteiger partial charge in [0.05, 0.1) is 18.0 Å². The van der Waals surface area contributed by atoms with Crippen molar-refractivity contribution < 1.29 is 8.42 Å². The summed E-state index contributed by atoms with van der Waals surface area (Å²) in [4.78, 5) is 4.75. The number of hydrogen-bond donors (Lipinski definition) is 0. The Bertz CT molecular complexity index is 827. The Morgan fingerprint density at radius 3 is 2.50 bits per heavy atom. The van der Waals surface area contributed by atoms with Crippen molar-refractivity contribution in [1.29, 1.82) is 0 Å². The molecule has 1 heterocycles. The summed E-state index contributed by atoms with van der Waals surface area (Å²) in [6.07, 6.45) is 0. The van der Waals surface area contributed by atoms with E-state index in [0.29, 0.717) is 23.8 Å². The van der Waals surface area contributed by atoms with E-state index < -0.39 is 10.0 Å². The van der Waals surface area contributed by atoms with E-state index in [1.807, 2.05) is 56.3 Å². The Balaban J connectivity index is 2.06. The average Bonchev–Trinajstić information content (AvgIpc) is 3.01. The molecule has 0 saturated heterocycles. The fraction of sp³-hybridized carbons (Fsp3) is 0.235. The van der Waals surface area contributed by atoms with E-state index in [2.05, 4.69) is 4.99 Å². The van der Waals surface area contributed by atoms with Gasteiger partial charge >= 0.3 is 0 Å². The number of hydrogen-bond acceptors (Lipinski definition) is 3. The lowest BCUT2D eigenvalue weighted by atomic mass is 10.2. The molecule has 5 heteroatoms. The molecule has 0 spiro atoms. The highest BCUT2D eigenvalue weighted by Crippen LogP contribution is 2.25. The molecule has 22 heavy (non-hydrogen) atoms. The highest BCUT2D eigenvalue weighted by atomic mass is 32.2. The zero-order chi connectivity index (χ0) is 15.7. The average molecular weight is 314 g/mol. The van der Waals surface area contributed by atoms with E-state index in [1.165, 1.54) is 4.31 Å². The van der Waals surface area contributed by atoms with E-state index in [4.69, 9.17) is 0 Å². The molecule has 0 N–H and O–H groups in total. The van der Waals surface area contributed by atoms with Crippen LogP contribution >= 0.6 is 0 Å². The Morgan fingerprint density at radius 2 is 1.77 bits per heavy atom. The van der Waals surface area contributed by atoms with Crippen molar-refractivity contribution in [3.8, 4) is 0 Å². The number of benzene rings is 2. The van der Waals surface area contributed by atoms with Crippen LogP contribution in [0.1, 0.15) is 16.7 Å². The minimum atomic E-state index is -3.59. The molecule has 114 valence electrons. The lowest BCUT2D eigenvalue weighted by Gasteiger charge is -2.22. The molecule has 2 aromatic rings. The van der Waals surface area contributed by atoms with Gasteiger partial charge < -0.3 is 0 Å². The molecule has 1 aliphatic heterocycles. The first-order valence-electron chi connectivity index (χ1n) is 7.20. The number of rotatable bonds is 3. The molecule has 0 fully saturated rings. The van der Waals surface area contributed by atoms with Gasteiger partial charge in [0.25, 0.3) is 10.0 Å². The van der Waals surface area contributed by atoms with Crippen molar-refractivity contribution in [3.05, 3.63) is 65.2 Å². The van der Waals surface area contributed by atoms with Crippen molar-refractivity contribution >= 4 is 15.9 Å². The van der Waals surface area contributed by atoms with Crippen LogP contribution in [0.15, 0.2) is 58.4 Å². The van der Waals surface area contributed by atoms with E-state index in [9.17, 15) is 8.42 Å². The Hall–Kier alpha value is -2.14. The SMILES string of the molecule is Cc1ccc(C)c(S(=O)(=O)N2CCN=C2c2ccccc2)c1. The molecule has 0 aliphatic carbocycles. The van der Waals surface area contributed by atoms with Gasteiger partial charge in [0.2, 0.25) is 0 Å². The monoisotopic (exact) mass is 314 g/mol. The summed E-state index contributed by atoms with van der Waals surface area (Å²) < 4.78 is 27.5. The molecule has 2 aromatic carbocycles. The molecule has 0 aromatic heterocycles. The molecule has 0 radical (unpaired) electrons. The van der Waals surface area contributed by atoms with E-state index >= 15 is 0 Å². The van der Waals surface area contributed by atoms with E-state index in [0.717, 1.165) is 16.7 Å². The summed E-state index contributed by atoms with van der Waals surface area (Å²) in [5.74, 6) is 0.529. The molecule has 0 amide bonds. The summed E-state index contributed by atoms with van der Waals surface area (Å²) in [5, 5.41) is 0. The van der Waals surface area contributed by atoms with Crippen LogP contribution in [0.4, 0.5) is 0 Å². The van der Waals surface area contributed by atoms with E-state index in [-0.39, 0.29) is 0 Å². The van der Waals surface area contributed by atoms with Gasteiger partial charge in [-0.05, 0) is 31.0 Å². The van der Waals surface area contributed by atoms with Crippen LogP contribution in [0.25, 0.3) is 0 Å². The predicted molar refractivity (Wildman–Crippen MR) is 87.7 cm³/mol. The van der Waals surface area contributed by atoms with Crippen molar-refractivity contribution in [3.63, 3.8) is 0 Å². The maximum Gasteiger partial charge on any atom is 0.265 e. The summed E-state index contributed by atoms with van der Waals surface area (Å²) in [7, 11) is -3.59. The van der Waals surface area contributed by atoms with Gasteiger partial charge in [-0.2, -0.15) is 0 Å². The fourth-order valence-electron chi connectivity index (χ4n) is 2.59. The number of aliphatic imine (C=N–C) groups is 1. The van der Waals surface area contributed by atoms with Crippen molar-refractivity contribution in [2.45, 2.75) is 18.7 Å². The second-order valence-electron chi connectivity index (χ2n) is 5.42. The summed E-state index contributed by atoms with van der Waals surface area (Å²) >= 11 is 0. The molecule has 0 bridgehead atoms. The second kappa shape index (κ2) is 5.57. The van der Waals surface area contributed by atoms with Gasteiger partial charge in [-0.15, -0.1) is 0 Å². The van der Waals surface area contributed by atoms with Crippen LogP contribution in [-0.4, -0.2) is 31.6 Å². The summed E-state index contributed by atoms with van der Waals surface area (Å²) in [6, 6.07) is 14.9. The zero-order valence-electron chi connectivity index (χ0n) is 12.7. The maximum atomic E-state index is 13.0. The van der Waals surface area contributed by atoms with Crippen LogP contribution in [0.3, 0.4) is 0 Å². The molecule has 0 atom stereocenters. The zero-order valence-corrected chi connectivity index (χ0v) is 13.5. The summed E-state index contributed by atoms with van der Waals surface area (Å²) in [6.45, 7) is 4.60. The minimum absolute atomic E-state index is 0.359. The second-order valence-corrected chi connectivity index (χ2v) is 7.25. The molecule has 1 aliphatic rings. The third-order valence-electron chi connectivity index (χ3n) is 3.74. The minimum Gasteiger partial charge on any atom is -0.265 e. The normalized spacial score (nSPS) is 15.0. The Labute approximate surface area is 131 Å². The maximum absolute atomic E-state index is 13.0. The van der Waals surface area contributed by atoms with Crippen molar-refractivity contribution in [1.82, 2.24) is 4.31 Å². The number of sulfonamides is 1. The quantitative estimate of drug-likeness (QED) is 0.874. The smallest absolute Gasteiger partial charge is 0.265 e. The van der Waals surface area contributed by atoms with Gasteiger partial charge in [-0.3, -0.25) is 4.99 Å². The van der Waals surface area contributed by atoms with Gasteiger partial charge in [-0.1, -0.05) is 42.5 Å². The van der Waals surface area contributed by atoms with Crippen molar-refractivity contribution in [2.75, 3.05) is 13.1 Å². The molecule has 0 saturated carbocycles. The van der Waals surface area contributed by atoms with Crippen LogP contribution in [0, 0.1) is 13.8 Å². The lowest BCUT2D eigenvalue weighted by molar-refractivity contribution is 0.537.